The van der Waals surface area contributed by atoms with Crippen LogP contribution in [-0.4, -0.2) is 77.9 Å². The molecule has 8 heteroatoms. The molecule has 0 aromatic carbocycles. The second-order valence-corrected chi connectivity index (χ2v) is 9.84. The molecule has 2 heterocycles. The minimum Gasteiger partial charge on any atom is -0.480 e. The molecule has 0 radical (unpaired) electrons. The Balaban J connectivity index is 1.72. The monoisotopic (exact) mass is 372 g/mol. The Hall–Kier alpha value is -1.15. The van der Waals surface area contributed by atoms with Gasteiger partial charge in [0.25, 0.3) is 0 Å². The second kappa shape index (κ2) is 7.23. The maximum Gasteiger partial charge on any atom is 0.320 e. The van der Waals surface area contributed by atoms with E-state index in [9.17, 15) is 23.1 Å². The van der Waals surface area contributed by atoms with Crippen LogP contribution in [0.4, 0.5) is 0 Å². The van der Waals surface area contributed by atoms with Crippen molar-refractivity contribution in [2.24, 2.45) is 5.92 Å². The molecule has 1 aliphatic carbocycles. The summed E-state index contributed by atoms with van der Waals surface area (Å²) < 4.78 is 23.5. The van der Waals surface area contributed by atoms with Crippen LogP contribution < -0.4 is 0 Å². The van der Waals surface area contributed by atoms with Crippen molar-refractivity contribution < 1.29 is 23.1 Å². The molecule has 0 aromatic rings. The molecule has 3 aliphatic rings. The van der Waals surface area contributed by atoms with Gasteiger partial charge in [-0.2, -0.15) is 0 Å². The van der Waals surface area contributed by atoms with Crippen LogP contribution in [0.2, 0.25) is 0 Å². The van der Waals surface area contributed by atoms with E-state index in [4.69, 9.17) is 0 Å². The highest BCUT2D eigenvalue weighted by atomic mass is 32.2. The first kappa shape index (κ1) is 18.6. The zero-order chi connectivity index (χ0) is 18.2. The summed E-state index contributed by atoms with van der Waals surface area (Å²) in [6.45, 7) is 2.39. The van der Waals surface area contributed by atoms with Crippen LogP contribution in [0.25, 0.3) is 0 Å². The number of likely N-dealkylation sites (tertiary alicyclic amines) is 1. The predicted molar refractivity (Wildman–Crippen MR) is 92.9 cm³/mol. The van der Waals surface area contributed by atoms with Gasteiger partial charge in [0.2, 0.25) is 5.91 Å². The lowest BCUT2D eigenvalue weighted by Crippen LogP contribution is -2.51. The minimum absolute atomic E-state index is 0.0288. The lowest BCUT2D eigenvalue weighted by Gasteiger charge is -2.35. The average Bonchev–Trinajstić information content (AvgIpc) is 3.09. The molecular formula is C17H28N2O5S. The molecule has 25 heavy (non-hydrogen) atoms. The Labute approximate surface area is 149 Å². The summed E-state index contributed by atoms with van der Waals surface area (Å²) in [5.41, 5.74) is 0. The Bertz CT molecular complexity index is 635. The number of rotatable bonds is 5. The number of fused-ring (bicyclic) bond motifs is 1. The molecule has 1 N–H and O–H groups in total. The van der Waals surface area contributed by atoms with Gasteiger partial charge in [-0.15, -0.1) is 0 Å². The molecule has 3 rings (SSSR count). The quantitative estimate of drug-likeness (QED) is 0.765. The van der Waals surface area contributed by atoms with Gasteiger partial charge in [0, 0.05) is 18.6 Å². The number of aliphatic carboxylic acids is 1. The first-order chi connectivity index (χ1) is 11.8. The van der Waals surface area contributed by atoms with E-state index in [1.807, 2.05) is 11.8 Å². The number of hydrogen-bond acceptors (Lipinski definition) is 5. The highest BCUT2D eigenvalue weighted by Crippen LogP contribution is 2.39. The highest BCUT2D eigenvalue weighted by Gasteiger charge is 2.46. The zero-order valence-corrected chi connectivity index (χ0v) is 15.6. The Morgan fingerprint density at radius 3 is 2.52 bits per heavy atom. The number of nitrogens with zero attached hydrogens (tertiary/aromatic N) is 2. The van der Waals surface area contributed by atoms with Crippen molar-refractivity contribution in [3.63, 3.8) is 0 Å². The minimum atomic E-state index is -3.06. The van der Waals surface area contributed by atoms with Gasteiger partial charge < -0.3 is 10.0 Å². The van der Waals surface area contributed by atoms with Gasteiger partial charge in [0.05, 0.1) is 18.1 Å². The lowest BCUT2D eigenvalue weighted by molar-refractivity contribution is -0.144. The number of carbonyl (C=O) groups is 2. The number of carbonyl (C=O) groups excluding carboxylic acids is 1. The third kappa shape index (κ3) is 3.84. The maximum absolute atomic E-state index is 12.9. The van der Waals surface area contributed by atoms with Crippen molar-refractivity contribution in [1.29, 1.82) is 0 Å². The predicted octanol–water partition coefficient (Wildman–Crippen LogP) is 0.740. The average molecular weight is 372 g/mol. The fourth-order valence-corrected chi connectivity index (χ4v) is 6.66. The zero-order valence-electron chi connectivity index (χ0n) is 14.8. The first-order valence-corrected chi connectivity index (χ1v) is 11.1. The molecular weight excluding hydrogens is 344 g/mol. The van der Waals surface area contributed by atoms with Gasteiger partial charge in [-0.1, -0.05) is 12.8 Å². The normalized spacial score (nSPS) is 34.6. The fraction of sp³-hybridized carbons (Fsp3) is 0.882. The molecule has 142 valence electrons. The van der Waals surface area contributed by atoms with E-state index >= 15 is 0 Å². The van der Waals surface area contributed by atoms with Gasteiger partial charge in [0.15, 0.2) is 9.84 Å². The fourth-order valence-electron chi connectivity index (χ4n) is 4.93. The van der Waals surface area contributed by atoms with E-state index in [1.54, 1.807) is 4.90 Å². The molecule has 0 spiro atoms. The van der Waals surface area contributed by atoms with Crippen LogP contribution in [-0.2, 0) is 19.4 Å². The van der Waals surface area contributed by atoms with Crippen LogP contribution in [0.3, 0.4) is 0 Å². The van der Waals surface area contributed by atoms with Gasteiger partial charge >= 0.3 is 5.97 Å². The molecule has 2 saturated heterocycles. The second-order valence-electron chi connectivity index (χ2n) is 7.61. The van der Waals surface area contributed by atoms with Crippen LogP contribution in [0, 0.1) is 5.92 Å². The van der Waals surface area contributed by atoms with Crippen molar-refractivity contribution in [2.45, 2.75) is 63.6 Å². The Morgan fingerprint density at radius 1 is 1.20 bits per heavy atom. The third-order valence-electron chi connectivity index (χ3n) is 6.13. The molecule has 4 unspecified atom stereocenters. The summed E-state index contributed by atoms with van der Waals surface area (Å²) in [6, 6.07) is -0.691. The SMILES string of the molecule is CCN(C(=O)CN1C(C(=O)O)CC2CCCCC21)C1CCS(=O)(=O)C1. The topological polar surface area (TPSA) is 95.0 Å². The number of carboxylic acid groups (broad SMARTS) is 1. The summed E-state index contributed by atoms with van der Waals surface area (Å²) in [5, 5.41) is 9.57. The Morgan fingerprint density at radius 2 is 1.92 bits per heavy atom. The van der Waals surface area contributed by atoms with Gasteiger partial charge in [-0.05, 0) is 38.5 Å². The lowest BCUT2D eigenvalue weighted by atomic mass is 9.85. The Kier molecular flexibility index (Phi) is 5.39. The van der Waals surface area contributed by atoms with Crippen LogP contribution in [0.15, 0.2) is 0 Å². The van der Waals surface area contributed by atoms with Crippen molar-refractivity contribution in [3.8, 4) is 0 Å². The molecule has 7 nitrogen and oxygen atoms in total. The molecule has 0 aromatic heterocycles. The smallest absolute Gasteiger partial charge is 0.320 e. The molecule has 1 saturated carbocycles. The van der Waals surface area contributed by atoms with Crippen LogP contribution in [0.5, 0.6) is 0 Å². The number of amides is 1. The van der Waals surface area contributed by atoms with Gasteiger partial charge in [-0.25, -0.2) is 8.42 Å². The summed E-state index contributed by atoms with van der Waals surface area (Å²) in [5.74, 6) is -0.463. The van der Waals surface area contributed by atoms with Crippen molar-refractivity contribution >= 4 is 21.7 Å². The summed E-state index contributed by atoms with van der Waals surface area (Å²) >= 11 is 0. The highest BCUT2D eigenvalue weighted by molar-refractivity contribution is 7.91. The van der Waals surface area contributed by atoms with E-state index in [2.05, 4.69) is 0 Å². The van der Waals surface area contributed by atoms with Crippen molar-refractivity contribution in [1.82, 2.24) is 9.80 Å². The molecule has 1 amide bonds. The maximum atomic E-state index is 12.9. The largest absolute Gasteiger partial charge is 0.480 e. The van der Waals surface area contributed by atoms with E-state index in [0.29, 0.717) is 25.3 Å². The van der Waals surface area contributed by atoms with E-state index in [-0.39, 0.29) is 36.0 Å². The number of carboxylic acids is 1. The van der Waals surface area contributed by atoms with Crippen molar-refractivity contribution in [3.05, 3.63) is 0 Å². The van der Waals surface area contributed by atoms with Crippen molar-refractivity contribution in [2.75, 3.05) is 24.6 Å². The number of sulfone groups is 1. The summed E-state index contributed by atoms with van der Waals surface area (Å²) in [6.07, 6.45) is 5.31. The standard InChI is InChI=1S/C17H28N2O5S/c1-2-18(13-7-8-25(23,24)11-13)16(20)10-19-14-6-4-3-5-12(14)9-15(19)17(21)22/h12-15H,2-11H2,1H3,(H,21,22). The van der Waals surface area contributed by atoms with E-state index < -0.39 is 21.8 Å². The molecule has 2 aliphatic heterocycles. The van der Waals surface area contributed by atoms with E-state index in [0.717, 1.165) is 25.7 Å². The first-order valence-electron chi connectivity index (χ1n) is 9.31. The van der Waals surface area contributed by atoms with Gasteiger partial charge in [0.1, 0.15) is 6.04 Å². The van der Waals surface area contributed by atoms with Crippen LogP contribution in [0.1, 0.15) is 45.4 Å². The molecule has 0 bridgehead atoms. The number of hydrogen-bond donors (Lipinski definition) is 1. The number of likely N-dealkylation sites (N-methyl/N-ethyl adjacent to an activating group) is 1. The van der Waals surface area contributed by atoms with Gasteiger partial charge in [-0.3, -0.25) is 14.5 Å². The summed E-state index contributed by atoms with van der Waals surface area (Å²) in [4.78, 5) is 28.1. The molecule has 4 atom stereocenters. The molecule has 3 fully saturated rings. The van der Waals surface area contributed by atoms with Crippen LogP contribution >= 0.6 is 0 Å². The van der Waals surface area contributed by atoms with E-state index in [1.165, 1.54) is 0 Å². The summed E-state index contributed by atoms with van der Waals surface area (Å²) in [7, 11) is -3.06. The third-order valence-corrected chi connectivity index (χ3v) is 7.88.